The molecular formula is C12H20Br2N2O3. The highest BCUT2D eigenvalue weighted by molar-refractivity contribution is 6.02. The largest absolute Gasteiger partial charge is 1.00 e. The monoisotopic (exact) mass is 398 g/mol. The van der Waals surface area contributed by atoms with Crippen LogP contribution in [0.2, 0.25) is 0 Å². The molecule has 0 amide bonds. The van der Waals surface area contributed by atoms with Crippen molar-refractivity contribution >= 4 is 5.78 Å². The van der Waals surface area contributed by atoms with E-state index >= 15 is 0 Å². The Morgan fingerprint density at radius 3 is 2.53 bits per heavy atom. The summed E-state index contributed by atoms with van der Waals surface area (Å²) in [7, 11) is 0. The van der Waals surface area contributed by atoms with Gasteiger partial charge in [-0.05, 0) is 0 Å². The molecule has 2 heterocycles. The van der Waals surface area contributed by atoms with Crippen molar-refractivity contribution in [2.45, 2.75) is 6.92 Å². The molecule has 2 rings (SSSR count). The van der Waals surface area contributed by atoms with E-state index < -0.39 is 0 Å². The molecule has 0 aliphatic carbocycles. The number of aliphatic hydroxyl groups excluding tert-OH is 1. The number of morpholine rings is 1. The van der Waals surface area contributed by atoms with Crippen LogP contribution in [0.15, 0.2) is 23.7 Å². The van der Waals surface area contributed by atoms with Crippen LogP contribution in [0, 0.1) is 0 Å². The van der Waals surface area contributed by atoms with Crippen molar-refractivity contribution < 1.29 is 58.4 Å². The lowest BCUT2D eigenvalue weighted by Gasteiger charge is -2.25. The quantitative estimate of drug-likeness (QED) is 0.442. The van der Waals surface area contributed by atoms with Crippen LogP contribution >= 0.6 is 0 Å². The first kappa shape index (κ1) is 18.8. The first-order chi connectivity index (χ1) is 8.16. The minimum absolute atomic E-state index is 0. The molecule has 1 unspecified atom stereocenters. The van der Waals surface area contributed by atoms with E-state index in [0.29, 0.717) is 0 Å². The topological polar surface area (TPSA) is 55.4 Å². The number of allylic oxidation sites excluding steroid dienone is 2. The van der Waals surface area contributed by atoms with Gasteiger partial charge in [-0.1, -0.05) is 0 Å². The lowest BCUT2D eigenvalue weighted by molar-refractivity contribution is -0.934. The van der Waals surface area contributed by atoms with Gasteiger partial charge in [0.1, 0.15) is 38.1 Å². The molecule has 5 nitrogen and oxygen atoms in total. The fourth-order valence-electron chi connectivity index (χ4n) is 2.20. The van der Waals surface area contributed by atoms with Crippen molar-refractivity contribution in [1.29, 1.82) is 0 Å². The number of halogens is 2. The number of carbonyl (C=O) groups excluding carboxylic acids is 1. The van der Waals surface area contributed by atoms with Gasteiger partial charge >= 0.3 is 0 Å². The van der Waals surface area contributed by atoms with Gasteiger partial charge < -0.3 is 48.7 Å². The molecule has 1 saturated heterocycles. The second-order valence-corrected chi connectivity index (χ2v) is 4.61. The highest BCUT2D eigenvalue weighted by Gasteiger charge is 2.23. The number of quaternary nitrogens is 2. The Labute approximate surface area is 134 Å². The summed E-state index contributed by atoms with van der Waals surface area (Å²) in [6.45, 7) is 7.61. The van der Waals surface area contributed by atoms with E-state index in [1.165, 1.54) is 11.0 Å². The summed E-state index contributed by atoms with van der Waals surface area (Å²) in [5.41, 5.74) is 0.973. The number of nitrogens with one attached hydrogen (secondary N) is 2. The normalized spacial score (nSPS) is 23.8. The summed E-state index contributed by atoms with van der Waals surface area (Å²) < 4.78 is 5.31. The number of ketones is 1. The van der Waals surface area contributed by atoms with Crippen LogP contribution in [-0.4, -0.2) is 50.3 Å². The second kappa shape index (κ2) is 8.86. The summed E-state index contributed by atoms with van der Waals surface area (Å²) in [6.07, 6.45) is 3.12. The Morgan fingerprint density at radius 2 is 1.89 bits per heavy atom. The zero-order valence-electron chi connectivity index (χ0n) is 10.9. The van der Waals surface area contributed by atoms with E-state index in [1.54, 1.807) is 6.20 Å². The van der Waals surface area contributed by atoms with Crippen molar-refractivity contribution in [3.8, 4) is 0 Å². The molecular weight excluding hydrogens is 380 g/mol. The number of hydrogen-bond acceptors (Lipinski definition) is 3. The molecule has 3 N–H and O–H groups in total. The molecule has 2 aliphatic heterocycles. The van der Waals surface area contributed by atoms with Gasteiger partial charge in [0.25, 0.3) is 0 Å². The predicted octanol–water partition coefficient (Wildman–Crippen LogP) is -8.32. The molecule has 0 spiro atoms. The molecule has 0 radical (unpaired) electrons. The van der Waals surface area contributed by atoms with E-state index in [2.05, 4.69) is 0 Å². The van der Waals surface area contributed by atoms with Crippen molar-refractivity contribution in [1.82, 2.24) is 0 Å². The van der Waals surface area contributed by atoms with Crippen LogP contribution < -0.4 is 43.8 Å². The van der Waals surface area contributed by atoms with Gasteiger partial charge in [0, 0.05) is 13.0 Å². The molecule has 2 aliphatic rings. The minimum atomic E-state index is -0.287. The fraction of sp³-hybridized carbons (Fsp3) is 0.583. The molecule has 1 atom stereocenters. The summed E-state index contributed by atoms with van der Waals surface area (Å²) in [4.78, 5) is 13.8. The summed E-state index contributed by atoms with van der Waals surface area (Å²) in [5, 5.41) is 9.42. The minimum Gasteiger partial charge on any atom is -1.00 e. The number of aliphatic hydroxyl groups is 1. The van der Waals surface area contributed by atoms with Crippen molar-refractivity contribution in [2.24, 2.45) is 0 Å². The molecule has 0 aromatic rings. The number of ether oxygens (including phenoxy) is 1. The Hall–Kier alpha value is -0.210. The standard InChI is InChI=1S/C12H18N2O3.2BrH/c1-10-8-11(15)12(16)9-14(10)3-2-13-4-6-17-7-5-13;;/h8-9,16H,2-7H2,1H3;2*1H. The molecule has 0 aromatic carbocycles. The van der Waals surface area contributed by atoms with Crippen LogP contribution in [-0.2, 0) is 9.53 Å². The zero-order valence-corrected chi connectivity index (χ0v) is 14.1. The Balaban J connectivity index is 0.00000162. The highest BCUT2D eigenvalue weighted by atomic mass is 79.9. The summed E-state index contributed by atoms with van der Waals surface area (Å²) >= 11 is 0. The maximum atomic E-state index is 11.2. The van der Waals surface area contributed by atoms with Gasteiger partial charge in [-0.3, -0.25) is 9.69 Å². The van der Waals surface area contributed by atoms with Crippen molar-refractivity contribution in [3.63, 3.8) is 0 Å². The van der Waals surface area contributed by atoms with Crippen LogP contribution in [0.25, 0.3) is 0 Å². The van der Waals surface area contributed by atoms with E-state index in [0.717, 1.165) is 50.0 Å². The highest BCUT2D eigenvalue weighted by Crippen LogP contribution is 1.97. The van der Waals surface area contributed by atoms with E-state index in [4.69, 9.17) is 4.74 Å². The van der Waals surface area contributed by atoms with Gasteiger partial charge in [-0.15, -0.1) is 0 Å². The predicted molar refractivity (Wildman–Crippen MR) is 61.7 cm³/mol. The first-order valence-electron chi connectivity index (χ1n) is 6.07. The third-order valence-corrected chi connectivity index (χ3v) is 3.37. The third kappa shape index (κ3) is 5.35. The first-order valence-corrected chi connectivity index (χ1v) is 6.07. The third-order valence-electron chi connectivity index (χ3n) is 3.37. The maximum absolute atomic E-state index is 11.2. The second-order valence-electron chi connectivity index (χ2n) is 4.61. The lowest BCUT2D eigenvalue weighted by atomic mass is 10.2. The Morgan fingerprint density at radius 1 is 1.26 bits per heavy atom. The van der Waals surface area contributed by atoms with Gasteiger partial charge in [0.05, 0.1) is 13.2 Å². The van der Waals surface area contributed by atoms with Gasteiger partial charge in [-0.25, -0.2) is 0 Å². The molecule has 7 heteroatoms. The molecule has 110 valence electrons. The Bertz CT molecular complexity index is 366. The number of hydrogen-bond donors (Lipinski definition) is 3. The molecule has 1 fully saturated rings. The summed E-state index contributed by atoms with van der Waals surface area (Å²) in [6, 6.07) is 0. The summed E-state index contributed by atoms with van der Waals surface area (Å²) in [5.74, 6) is -0.424. The average molecular weight is 400 g/mol. The molecule has 0 bridgehead atoms. The Kier molecular flexibility index (Phi) is 8.76. The van der Waals surface area contributed by atoms with Crippen LogP contribution in [0.5, 0.6) is 0 Å². The van der Waals surface area contributed by atoms with Gasteiger partial charge in [-0.2, -0.15) is 0 Å². The average Bonchev–Trinajstić information content (AvgIpc) is 2.33. The zero-order chi connectivity index (χ0) is 12.3. The van der Waals surface area contributed by atoms with Crippen molar-refractivity contribution in [2.75, 3.05) is 39.4 Å². The SMILES string of the molecule is CC1=CC(=O)C(O)=C[NH+]1CC[NH+]1CCOCC1.[Br-].[Br-]. The molecule has 19 heavy (non-hydrogen) atoms. The van der Waals surface area contributed by atoms with Crippen LogP contribution in [0.1, 0.15) is 6.92 Å². The van der Waals surface area contributed by atoms with Gasteiger partial charge in [0.15, 0.2) is 0 Å². The van der Waals surface area contributed by atoms with Crippen LogP contribution in [0.4, 0.5) is 0 Å². The number of carbonyl (C=O) groups is 1. The van der Waals surface area contributed by atoms with E-state index in [9.17, 15) is 9.90 Å². The number of rotatable bonds is 3. The molecule has 0 aromatic heterocycles. The maximum Gasteiger partial charge on any atom is 0.231 e. The fourth-order valence-corrected chi connectivity index (χ4v) is 2.20. The lowest BCUT2D eigenvalue weighted by Crippen LogP contribution is -3.19. The van der Waals surface area contributed by atoms with Gasteiger partial charge in [0.2, 0.25) is 11.5 Å². The van der Waals surface area contributed by atoms with E-state index in [1.807, 2.05) is 6.92 Å². The molecule has 0 saturated carbocycles. The smallest absolute Gasteiger partial charge is 0.231 e. The van der Waals surface area contributed by atoms with Crippen LogP contribution in [0.3, 0.4) is 0 Å². The van der Waals surface area contributed by atoms with Crippen molar-refractivity contribution in [3.05, 3.63) is 23.7 Å². The van der Waals surface area contributed by atoms with E-state index in [-0.39, 0.29) is 45.5 Å².